The minimum absolute atomic E-state index is 0.111. The van der Waals surface area contributed by atoms with Gasteiger partial charge in [0, 0.05) is 31.1 Å². The molecule has 7 heteroatoms. The van der Waals surface area contributed by atoms with E-state index in [1.54, 1.807) is 4.90 Å². The molecule has 7 nitrogen and oxygen atoms in total. The monoisotopic (exact) mass is 398 g/mol. The van der Waals surface area contributed by atoms with E-state index < -0.39 is 6.04 Å². The van der Waals surface area contributed by atoms with Crippen molar-refractivity contribution >= 4 is 17.7 Å². The SMILES string of the molecule is CC1CC(CCNCc2cccc3c2CN(C2CCC(=O)NC2=O)C3=O)CCN1. The minimum Gasteiger partial charge on any atom is -0.322 e. The number of benzene rings is 1. The number of hydrogen-bond acceptors (Lipinski definition) is 5. The average molecular weight is 399 g/mol. The highest BCUT2D eigenvalue weighted by Crippen LogP contribution is 2.29. The Labute approximate surface area is 171 Å². The molecule has 3 N–H and O–H groups in total. The van der Waals surface area contributed by atoms with Crippen LogP contribution in [0.2, 0.25) is 0 Å². The molecule has 3 amide bonds. The fraction of sp³-hybridized carbons (Fsp3) is 0.591. The lowest BCUT2D eigenvalue weighted by Gasteiger charge is -2.29. The first kappa shape index (κ1) is 20.0. The van der Waals surface area contributed by atoms with Crippen LogP contribution in [0.5, 0.6) is 0 Å². The molecule has 29 heavy (non-hydrogen) atoms. The minimum atomic E-state index is -0.560. The van der Waals surface area contributed by atoms with E-state index in [0.29, 0.717) is 24.6 Å². The fourth-order valence-electron chi connectivity index (χ4n) is 4.84. The Morgan fingerprint density at radius 3 is 2.86 bits per heavy atom. The molecule has 2 saturated heterocycles. The number of rotatable bonds is 6. The third-order valence-electron chi connectivity index (χ3n) is 6.46. The summed E-state index contributed by atoms with van der Waals surface area (Å²) in [5, 5.41) is 9.39. The molecule has 3 aliphatic rings. The highest BCUT2D eigenvalue weighted by molar-refractivity contribution is 6.05. The van der Waals surface area contributed by atoms with Gasteiger partial charge in [0.1, 0.15) is 6.04 Å². The first-order valence-electron chi connectivity index (χ1n) is 10.7. The van der Waals surface area contributed by atoms with Gasteiger partial charge in [0.15, 0.2) is 0 Å². The lowest BCUT2D eigenvalue weighted by Crippen LogP contribution is -2.52. The van der Waals surface area contributed by atoms with Crippen molar-refractivity contribution in [2.75, 3.05) is 13.1 Å². The number of nitrogens with zero attached hydrogens (tertiary/aromatic N) is 1. The molecule has 3 heterocycles. The van der Waals surface area contributed by atoms with Crippen molar-refractivity contribution in [3.8, 4) is 0 Å². The van der Waals surface area contributed by atoms with Crippen LogP contribution in [0, 0.1) is 5.92 Å². The molecule has 0 aliphatic carbocycles. The van der Waals surface area contributed by atoms with E-state index in [9.17, 15) is 14.4 Å². The van der Waals surface area contributed by atoms with Crippen LogP contribution in [0.15, 0.2) is 18.2 Å². The Bertz CT molecular complexity index is 809. The highest BCUT2D eigenvalue weighted by Gasteiger charge is 2.39. The van der Waals surface area contributed by atoms with E-state index >= 15 is 0 Å². The largest absolute Gasteiger partial charge is 0.322 e. The Morgan fingerprint density at radius 2 is 2.07 bits per heavy atom. The number of fused-ring (bicyclic) bond motifs is 1. The van der Waals surface area contributed by atoms with E-state index in [1.165, 1.54) is 19.3 Å². The molecule has 3 atom stereocenters. The molecule has 0 bridgehead atoms. The maximum Gasteiger partial charge on any atom is 0.255 e. The van der Waals surface area contributed by atoms with Crippen LogP contribution in [-0.2, 0) is 22.7 Å². The van der Waals surface area contributed by atoms with Gasteiger partial charge in [-0.3, -0.25) is 19.7 Å². The molecule has 0 saturated carbocycles. The predicted octanol–water partition coefficient (Wildman–Crippen LogP) is 1.32. The van der Waals surface area contributed by atoms with E-state index in [0.717, 1.165) is 36.7 Å². The average Bonchev–Trinajstić information content (AvgIpc) is 3.03. The Kier molecular flexibility index (Phi) is 5.96. The van der Waals surface area contributed by atoms with E-state index in [2.05, 4.69) is 28.9 Å². The fourth-order valence-corrected chi connectivity index (χ4v) is 4.84. The molecule has 0 radical (unpaired) electrons. The van der Waals surface area contributed by atoms with Crippen LogP contribution in [0.1, 0.15) is 60.5 Å². The molecule has 3 unspecified atom stereocenters. The summed E-state index contributed by atoms with van der Waals surface area (Å²) in [5.74, 6) is 0.0339. The third kappa shape index (κ3) is 4.36. The summed E-state index contributed by atoms with van der Waals surface area (Å²) in [7, 11) is 0. The second-order valence-corrected chi connectivity index (χ2v) is 8.55. The molecule has 3 aliphatic heterocycles. The van der Waals surface area contributed by atoms with Gasteiger partial charge in [-0.1, -0.05) is 12.1 Å². The zero-order valence-corrected chi connectivity index (χ0v) is 17.0. The van der Waals surface area contributed by atoms with Crippen LogP contribution in [0.25, 0.3) is 0 Å². The summed E-state index contributed by atoms with van der Waals surface area (Å²) in [5.41, 5.74) is 2.80. The molecule has 156 valence electrons. The quantitative estimate of drug-likeness (QED) is 0.497. The number of amides is 3. The number of carbonyl (C=O) groups excluding carboxylic acids is 3. The molecule has 1 aromatic rings. The van der Waals surface area contributed by atoms with Gasteiger partial charge in [0.25, 0.3) is 5.91 Å². The highest BCUT2D eigenvalue weighted by atomic mass is 16.2. The summed E-state index contributed by atoms with van der Waals surface area (Å²) >= 11 is 0. The Balaban J connectivity index is 1.35. The second-order valence-electron chi connectivity index (χ2n) is 8.55. The maximum atomic E-state index is 12.9. The molecular weight excluding hydrogens is 368 g/mol. The molecule has 2 fully saturated rings. The number of nitrogens with one attached hydrogen (secondary N) is 3. The van der Waals surface area contributed by atoms with Crippen LogP contribution in [0.4, 0.5) is 0 Å². The van der Waals surface area contributed by atoms with E-state index in [4.69, 9.17) is 0 Å². The zero-order chi connectivity index (χ0) is 20.4. The van der Waals surface area contributed by atoms with Crippen LogP contribution >= 0.6 is 0 Å². The van der Waals surface area contributed by atoms with Gasteiger partial charge in [-0.2, -0.15) is 0 Å². The van der Waals surface area contributed by atoms with Crippen molar-refractivity contribution in [3.05, 3.63) is 34.9 Å². The van der Waals surface area contributed by atoms with Gasteiger partial charge >= 0.3 is 0 Å². The van der Waals surface area contributed by atoms with E-state index in [1.807, 2.05) is 12.1 Å². The Morgan fingerprint density at radius 1 is 1.21 bits per heavy atom. The smallest absolute Gasteiger partial charge is 0.255 e. The zero-order valence-electron chi connectivity index (χ0n) is 17.0. The number of hydrogen-bond donors (Lipinski definition) is 3. The first-order chi connectivity index (χ1) is 14.0. The first-order valence-corrected chi connectivity index (χ1v) is 10.7. The van der Waals surface area contributed by atoms with Gasteiger partial charge in [0.05, 0.1) is 0 Å². The van der Waals surface area contributed by atoms with Gasteiger partial charge in [-0.25, -0.2) is 0 Å². The van der Waals surface area contributed by atoms with Crippen molar-refractivity contribution in [1.82, 2.24) is 20.9 Å². The molecule has 4 rings (SSSR count). The lowest BCUT2D eigenvalue weighted by atomic mass is 9.90. The van der Waals surface area contributed by atoms with Gasteiger partial charge in [-0.05, 0) is 68.8 Å². The van der Waals surface area contributed by atoms with Crippen molar-refractivity contribution in [1.29, 1.82) is 0 Å². The third-order valence-corrected chi connectivity index (χ3v) is 6.46. The van der Waals surface area contributed by atoms with Gasteiger partial charge in [-0.15, -0.1) is 0 Å². The lowest BCUT2D eigenvalue weighted by molar-refractivity contribution is -0.136. The van der Waals surface area contributed by atoms with Crippen LogP contribution < -0.4 is 16.0 Å². The summed E-state index contributed by atoms with van der Waals surface area (Å²) < 4.78 is 0. The van der Waals surface area contributed by atoms with Crippen molar-refractivity contribution in [2.45, 2.75) is 64.2 Å². The van der Waals surface area contributed by atoms with Crippen molar-refractivity contribution in [2.24, 2.45) is 5.92 Å². The standard InChI is InChI=1S/C22H30N4O3/c1-14-11-15(8-10-24-14)7-9-23-12-16-3-2-4-17-18(16)13-26(22(17)29)19-5-6-20(27)25-21(19)28/h2-4,14-15,19,23-24H,5-13H2,1H3,(H,25,27,28). The maximum absolute atomic E-state index is 12.9. The van der Waals surface area contributed by atoms with Crippen molar-refractivity contribution in [3.63, 3.8) is 0 Å². The van der Waals surface area contributed by atoms with Crippen LogP contribution in [0.3, 0.4) is 0 Å². The number of imide groups is 1. The molecule has 1 aromatic carbocycles. The topological polar surface area (TPSA) is 90.5 Å². The molecule has 0 aromatic heterocycles. The van der Waals surface area contributed by atoms with Crippen molar-refractivity contribution < 1.29 is 14.4 Å². The molecule has 0 spiro atoms. The Hall–Kier alpha value is -2.25. The normalized spacial score (nSPS) is 27.1. The summed E-state index contributed by atoms with van der Waals surface area (Å²) in [6, 6.07) is 5.85. The summed E-state index contributed by atoms with van der Waals surface area (Å²) in [4.78, 5) is 38.1. The number of piperidine rings is 2. The predicted molar refractivity (Wildman–Crippen MR) is 109 cm³/mol. The summed E-state index contributed by atoms with van der Waals surface area (Å²) in [6.07, 6.45) is 4.31. The molecular formula is C22H30N4O3. The second kappa shape index (κ2) is 8.63. The van der Waals surface area contributed by atoms with Crippen LogP contribution in [-0.4, -0.2) is 47.8 Å². The van der Waals surface area contributed by atoms with Gasteiger partial charge in [0.2, 0.25) is 11.8 Å². The summed E-state index contributed by atoms with van der Waals surface area (Å²) in [6.45, 7) is 5.48. The van der Waals surface area contributed by atoms with Gasteiger partial charge < -0.3 is 15.5 Å². The van der Waals surface area contributed by atoms with E-state index in [-0.39, 0.29) is 24.1 Å². The number of carbonyl (C=O) groups is 3.